The first-order chi connectivity index (χ1) is 10.2. The fraction of sp³-hybridized carbons (Fsp3) is 0.867. The largest absolute Gasteiger partial charge is 0.466 e. The fourth-order valence-electron chi connectivity index (χ4n) is 2.09. The van der Waals surface area contributed by atoms with Gasteiger partial charge in [0, 0.05) is 13.0 Å². The van der Waals surface area contributed by atoms with E-state index < -0.39 is 0 Å². The van der Waals surface area contributed by atoms with Crippen LogP contribution in [-0.2, 0) is 23.8 Å². The summed E-state index contributed by atoms with van der Waals surface area (Å²) in [4.78, 5) is 23.1. The van der Waals surface area contributed by atoms with Gasteiger partial charge in [-0.3, -0.25) is 9.59 Å². The molecule has 6 nitrogen and oxygen atoms in total. The highest BCUT2D eigenvalue weighted by atomic mass is 16.6. The monoisotopic (exact) mass is 302 g/mol. The molecule has 1 aliphatic rings. The molecule has 6 heteroatoms. The summed E-state index contributed by atoms with van der Waals surface area (Å²) in [7, 11) is 0. The van der Waals surface area contributed by atoms with Crippen molar-refractivity contribution in [3.05, 3.63) is 0 Å². The Hall–Kier alpha value is -1.14. The maximum atomic E-state index is 12.0. The van der Waals surface area contributed by atoms with Crippen molar-refractivity contribution in [3.8, 4) is 0 Å². The number of hydrogen-bond donors (Lipinski definition) is 1. The summed E-state index contributed by atoms with van der Waals surface area (Å²) in [5.74, 6) is -0.639. The molecule has 1 aliphatic heterocycles. The third-order valence-corrected chi connectivity index (χ3v) is 3.32. The average Bonchev–Trinajstić information content (AvgIpc) is 3.27. The van der Waals surface area contributed by atoms with Gasteiger partial charge >= 0.3 is 11.9 Å². The summed E-state index contributed by atoms with van der Waals surface area (Å²) in [5.41, 5.74) is 0. The number of rotatable bonds is 12. The number of esters is 2. The number of hydrogen-bond acceptors (Lipinski definition) is 6. The lowest BCUT2D eigenvalue weighted by Crippen LogP contribution is -2.20. The van der Waals surface area contributed by atoms with Crippen LogP contribution in [0.4, 0.5) is 0 Å². The van der Waals surface area contributed by atoms with Crippen molar-refractivity contribution in [1.82, 2.24) is 0 Å². The van der Waals surface area contributed by atoms with Gasteiger partial charge in [0.25, 0.3) is 0 Å². The third-order valence-electron chi connectivity index (χ3n) is 3.32. The SMILES string of the molecule is CCOC(=O)CCCCOC(=O)C(CCCO)CC1CO1. The molecule has 0 amide bonds. The molecular weight excluding hydrogens is 276 g/mol. The Morgan fingerprint density at radius 1 is 1.29 bits per heavy atom. The van der Waals surface area contributed by atoms with E-state index in [0.717, 1.165) is 0 Å². The number of epoxide rings is 1. The lowest BCUT2D eigenvalue weighted by molar-refractivity contribution is -0.149. The molecule has 0 saturated carbocycles. The van der Waals surface area contributed by atoms with Crippen LogP contribution in [0.2, 0.25) is 0 Å². The van der Waals surface area contributed by atoms with Gasteiger partial charge in [0.1, 0.15) is 0 Å². The van der Waals surface area contributed by atoms with Crippen molar-refractivity contribution in [2.75, 3.05) is 26.4 Å². The normalized spacial score (nSPS) is 18.1. The van der Waals surface area contributed by atoms with Crippen molar-refractivity contribution >= 4 is 11.9 Å². The van der Waals surface area contributed by atoms with Crippen LogP contribution in [-0.4, -0.2) is 49.6 Å². The second-order valence-corrected chi connectivity index (χ2v) is 5.18. The Kier molecular flexibility index (Phi) is 9.01. The second-order valence-electron chi connectivity index (χ2n) is 5.18. The number of carbonyl (C=O) groups is 2. The summed E-state index contributed by atoms with van der Waals surface area (Å²) < 4.78 is 15.2. The van der Waals surface area contributed by atoms with Crippen LogP contribution in [0.3, 0.4) is 0 Å². The van der Waals surface area contributed by atoms with Crippen LogP contribution in [0.1, 0.15) is 45.4 Å². The van der Waals surface area contributed by atoms with Gasteiger partial charge in [0.05, 0.1) is 31.8 Å². The summed E-state index contributed by atoms with van der Waals surface area (Å²) in [6.45, 7) is 3.27. The van der Waals surface area contributed by atoms with E-state index in [1.807, 2.05) is 0 Å². The zero-order chi connectivity index (χ0) is 15.5. The molecular formula is C15H26O6. The predicted molar refractivity (Wildman–Crippen MR) is 75.6 cm³/mol. The second kappa shape index (κ2) is 10.6. The first-order valence-electron chi connectivity index (χ1n) is 7.72. The van der Waals surface area contributed by atoms with Gasteiger partial charge in [0.2, 0.25) is 0 Å². The summed E-state index contributed by atoms with van der Waals surface area (Å²) in [6, 6.07) is 0. The first-order valence-corrected chi connectivity index (χ1v) is 7.72. The Morgan fingerprint density at radius 3 is 2.67 bits per heavy atom. The maximum Gasteiger partial charge on any atom is 0.309 e. The highest BCUT2D eigenvalue weighted by Gasteiger charge is 2.30. The van der Waals surface area contributed by atoms with Gasteiger partial charge in [-0.2, -0.15) is 0 Å². The van der Waals surface area contributed by atoms with E-state index >= 15 is 0 Å². The van der Waals surface area contributed by atoms with Crippen molar-refractivity contribution in [3.63, 3.8) is 0 Å². The molecule has 21 heavy (non-hydrogen) atoms. The Bertz CT molecular complexity index is 313. The minimum Gasteiger partial charge on any atom is -0.466 e. The maximum absolute atomic E-state index is 12.0. The van der Waals surface area contributed by atoms with Crippen LogP contribution in [0.25, 0.3) is 0 Å². The molecule has 1 fully saturated rings. The van der Waals surface area contributed by atoms with Crippen LogP contribution >= 0.6 is 0 Å². The molecule has 0 spiro atoms. The smallest absolute Gasteiger partial charge is 0.309 e. The summed E-state index contributed by atoms with van der Waals surface area (Å²) in [6.07, 6.45) is 3.71. The topological polar surface area (TPSA) is 85.4 Å². The zero-order valence-electron chi connectivity index (χ0n) is 12.7. The number of aliphatic hydroxyl groups is 1. The average molecular weight is 302 g/mol. The van der Waals surface area contributed by atoms with E-state index in [9.17, 15) is 9.59 Å². The molecule has 1 rings (SSSR count). The fourth-order valence-corrected chi connectivity index (χ4v) is 2.09. The Balaban J connectivity index is 2.12. The van der Waals surface area contributed by atoms with Crippen molar-refractivity contribution in [2.24, 2.45) is 5.92 Å². The Labute approximate surface area is 125 Å². The molecule has 0 aromatic carbocycles. The summed E-state index contributed by atoms with van der Waals surface area (Å²) in [5, 5.41) is 8.86. The highest BCUT2D eigenvalue weighted by molar-refractivity contribution is 5.72. The van der Waals surface area contributed by atoms with Crippen LogP contribution < -0.4 is 0 Å². The number of ether oxygens (including phenoxy) is 3. The minimum atomic E-state index is -0.227. The summed E-state index contributed by atoms with van der Waals surface area (Å²) >= 11 is 0. The van der Waals surface area contributed by atoms with E-state index in [-0.39, 0.29) is 30.6 Å². The van der Waals surface area contributed by atoms with Gasteiger partial charge in [0.15, 0.2) is 0 Å². The molecule has 1 N–H and O–H groups in total. The van der Waals surface area contributed by atoms with Crippen LogP contribution in [0.5, 0.6) is 0 Å². The molecule has 1 heterocycles. The van der Waals surface area contributed by atoms with Crippen molar-refractivity contribution in [2.45, 2.75) is 51.6 Å². The first kappa shape index (κ1) is 17.9. The molecule has 122 valence electrons. The zero-order valence-corrected chi connectivity index (χ0v) is 12.7. The van der Waals surface area contributed by atoms with Crippen molar-refractivity contribution in [1.29, 1.82) is 0 Å². The molecule has 0 aromatic rings. The van der Waals surface area contributed by atoms with Gasteiger partial charge in [-0.1, -0.05) is 0 Å². The number of aliphatic hydroxyl groups excluding tert-OH is 1. The van der Waals surface area contributed by atoms with E-state index in [4.69, 9.17) is 19.3 Å². The van der Waals surface area contributed by atoms with E-state index in [1.54, 1.807) is 6.92 Å². The third kappa shape index (κ3) is 8.67. The predicted octanol–water partition coefficient (Wildman–Crippen LogP) is 1.44. The van der Waals surface area contributed by atoms with E-state index in [1.165, 1.54) is 0 Å². The molecule has 2 atom stereocenters. The lowest BCUT2D eigenvalue weighted by atomic mass is 9.98. The van der Waals surface area contributed by atoms with Gasteiger partial charge in [-0.25, -0.2) is 0 Å². The molecule has 1 saturated heterocycles. The minimum absolute atomic E-state index is 0.0782. The van der Waals surface area contributed by atoms with E-state index in [0.29, 0.717) is 58.3 Å². The van der Waals surface area contributed by atoms with Crippen molar-refractivity contribution < 1.29 is 28.9 Å². The van der Waals surface area contributed by atoms with E-state index in [2.05, 4.69) is 0 Å². The van der Waals surface area contributed by atoms with Gasteiger partial charge in [-0.05, 0) is 39.0 Å². The number of carbonyl (C=O) groups excluding carboxylic acids is 2. The van der Waals surface area contributed by atoms with Crippen LogP contribution in [0, 0.1) is 5.92 Å². The van der Waals surface area contributed by atoms with Gasteiger partial charge in [-0.15, -0.1) is 0 Å². The molecule has 0 bridgehead atoms. The van der Waals surface area contributed by atoms with Gasteiger partial charge < -0.3 is 19.3 Å². The van der Waals surface area contributed by atoms with Crippen LogP contribution in [0.15, 0.2) is 0 Å². The number of unbranched alkanes of at least 4 members (excludes halogenated alkanes) is 1. The highest BCUT2D eigenvalue weighted by Crippen LogP contribution is 2.24. The standard InChI is InChI=1S/C15H26O6/c1-2-19-14(17)7-3-4-9-20-15(18)12(6-5-8-16)10-13-11-21-13/h12-13,16H,2-11H2,1H3. The Morgan fingerprint density at radius 2 is 2.05 bits per heavy atom. The molecule has 0 radical (unpaired) electrons. The molecule has 0 aromatic heterocycles. The molecule has 2 unspecified atom stereocenters. The lowest BCUT2D eigenvalue weighted by Gasteiger charge is -2.14. The molecule has 0 aliphatic carbocycles. The quantitative estimate of drug-likeness (QED) is 0.333.